The number of pyridine rings is 1. The summed E-state index contributed by atoms with van der Waals surface area (Å²) in [6.45, 7) is 0. The number of nitrogen functional groups attached to an aromatic ring is 1. The first-order valence-electron chi connectivity index (χ1n) is 5.72. The molecule has 3 N–H and O–H groups in total. The van der Waals surface area contributed by atoms with E-state index in [0.717, 1.165) is 0 Å². The van der Waals surface area contributed by atoms with Crippen molar-refractivity contribution < 1.29 is 22.7 Å². The molecule has 0 fully saturated rings. The number of carbonyl (C=O) groups excluding carboxylic acids is 1. The molecule has 5 nitrogen and oxygen atoms in total. The van der Waals surface area contributed by atoms with Gasteiger partial charge in [-0.2, -0.15) is 0 Å². The van der Waals surface area contributed by atoms with Crippen LogP contribution in [0, 0.1) is 0 Å². The maximum Gasteiger partial charge on any atom is 0.573 e. The van der Waals surface area contributed by atoms with Gasteiger partial charge in [0.1, 0.15) is 11.4 Å². The van der Waals surface area contributed by atoms with Gasteiger partial charge in [-0.15, -0.1) is 13.2 Å². The van der Waals surface area contributed by atoms with E-state index in [1.165, 1.54) is 36.5 Å². The van der Waals surface area contributed by atoms with Crippen molar-refractivity contribution in [2.24, 2.45) is 5.84 Å². The largest absolute Gasteiger partial charge is 0.573 e. The Hall–Kier alpha value is -2.61. The van der Waals surface area contributed by atoms with Gasteiger partial charge in [0.2, 0.25) is 0 Å². The van der Waals surface area contributed by atoms with E-state index in [9.17, 15) is 18.0 Å². The standard InChI is InChI=1S/C13H10F3N3O2/c14-13(15,16)21-10-3-1-8(2-4-10)9-5-6-18-11(7-9)12(20)19-17/h1-7H,17H2,(H,19,20). The highest BCUT2D eigenvalue weighted by Gasteiger charge is 2.30. The van der Waals surface area contributed by atoms with E-state index in [4.69, 9.17) is 5.84 Å². The van der Waals surface area contributed by atoms with Crippen molar-refractivity contribution in [1.29, 1.82) is 0 Å². The molecule has 1 aromatic heterocycles. The Kier molecular flexibility index (Phi) is 4.08. The number of hydrazine groups is 1. The molecule has 1 heterocycles. The number of nitrogens with two attached hydrogens (primary N) is 1. The summed E-state index contributed by atoms with van der Waals surface area (Å²) >= 11 is 0. The number of nitrogens with one attached hydrogen (secondary N) is 1. The van der Waals surface area contributed by atoms with Crippen molar-refractivity contribution in [1.82, 2.24) is 10.4 Å². The molecule has 0 saturated heterocycles. The highest BCUT2D eigenvalue weighted by Crippen LogP contribution is 2.26. The molecule has 1 aromatic carbocycles. The molecule has 0 bridgehead atoms. The Bertz CT molecular complexity index is 642. The van der Waals surface area contributed by atoms with Gasteiger partial charge in [0.15, 0.2) is 0 Å². The van der Waals surface area contributed by atoms with Crippen LogP contribution in [0.4, 0.5) is 13.2 Å². The lowest BCUT2D eigenvalue weighted by Crippen LogP contribution is -2.30. The van der Waals surface area contributed by atoms with Crippen LogP contribution in [-0.4, -0.2) is 17.3 Å². The second-order valence-corrected chi connectivity index (χ2v) is 3.98. The lowest BCUT2D eigenvalue weighted by atomic mass is 10.1. The first-order chi connectivity index (χ1) is 9.89. The average Bonchev–Trinajstić information content (AvgIpc) is 2.45. The molecule has 0 aliphatic rings. The fourth-order valence-corrected chi connectivity index (χ4v) is 1.66. The number of aromatic nitrogens is 1. The monoisotopic (exact) mass is 297 g/mol. The third-order valence-corrected chi connectivity index (χ3v) is 2.54. The molecule has 0 unspecified atom stereocenters. The molecule has 2 rings (SSSR count). The molecule has 1 amide bonds. The van der Waals surface area contributed by atoms with Crippen LogP contribution in [0.25, 0.3) is 11.1 Å². The van der Waals surface area contributed by atoms with Gasteiger partial charge in [0.25, 0.3) is 5.91 Å². The quantitative estimate of drug-likeness (QED) is 0.517. The Labute approximate surface area is 117 Å². The van der Waals surface area contributed by atoms with Gasteiger partial charge in [-0.05, 0) is 35.4 Å². The van der Waals surface area contributed by atoms with Crippen molar-refractivity contribution in [2.75, 3.05) is 0 Å². The van der Waals surface area contributed by atoms with E-state index in [-0.39, 0.29) is 11.4 Å². The molecule has 0 radical (unpaired) electrons. The number of hydrogen-bond acceptors (Lipinski definition) is 4. The summed E-state index contributed by atoms with van der Waals surface area (Å²) in [6, 6.07) is 8.35. The number of ether oxygens (including phenoxy) is 1. The summed E-state index contributed by atoms with van der Waals surface area (Å²) in [5.74, 6) is 4.13. The van der Waals surface area contributed by atoms with Gasteiger partial charge in [0.05, 0.1) is 0 Å². The van der Waals surface area contributed by atoms with E-state index in [1.54, 1.807) is 6.07 Å². The van der Waals surface area contributed by atoms with Crippen LogP contribution in [0.2, 0.25) is 0 Å². The van der Waals surface area contributed by atoms with Crippen LogP contribution in [0.15, 0.2) is 42.6 Å². The van der Waals surface area contributed by atoms with E-state index >= 15 is 0 Å². The van der Waals surface area contributed by atoms with Crippen LogP contribution in [0.3, 0.4) is 0 Å². The predicted octanol–water partition coefficient (Wildman–Crippen LogP) is 2.25. The van der Waals surface area contributed by atoms with E-state index in [1.807, 2.05) is 5.43 Å². The molecule has 110 valence electrons. The Morgan fingerprint density at radius 2 is 1.81 bits per heavy atom. The number of benzene rings is 1. The highest BCUT2D eigenvalue weighted by molar-refractivity contribution is 5.93. The maximum absolute atomic E-state index is 12.1. The molecule has 21 heavy (non-hydrogen) atoms. The number of carbonyl (C=O) groups is 1. The zero-order chi connectivity index (χ0) is 15.5. The summed E-state index contributed by atoms with van der Waals surface area (Å²) < 4.78 is 40.0. The normalized spacial score (nSPS) is 11.0. The van der Waals surface area contributed by atoms with Gasteiger partial charge < -0.3 is 4.74 Å². The molecule has 8 heteroatoms. The lowest BCUT2D eigenvalue weighted by Gasteiger charge is -2.09. The first-order valence-corrected chi connectivity index (χ1v) is 5.72. The lowest BCUT2D eigenvalue weighted by molar-refractivity contribution is -0.274. The minimum atomic E-state index is -4.73. The Morgan fingerprint density at radius 3 is 2.38 bits per heavy atom. The van der Waals surface area contributed by atoms with Crippen molar-refractivity contribution >= 4 is 5.91 Å². The van der Waals surface area contributed by atoms with Crippen LogP contribution >= 0.6 is 0 Å². The predicted molar refractivity (Wildman–Crippen MR) is 68.0 cm³/mol. The number of rotatable bonds is 3. The van der Waals surface area contributed by atoms with Gasteiger partial charge in [0, 0.05) is 6.20 Å². The van der Waals surface area contributed by atoms with Gasteiger partial charge in [-0.3, -0.25) is 15.2 Å². The summed E-state index contributed by atoms with van der Waals surface area (Å²) in [4.78, 5) is 15.2. The van der Waals surface area contributed by atoms with Crippen molar-refractivity contribution in [3.8, 4) is 16.9 Å². The summed E-state index contributed by atoms with van der Waals surface area (Å²) in [5.41, 5.74) is 3.27. The van der Waals surface area contributed by atoms with E-state index in [2.05, 4.69) is 9.72 Å². The minimum Gasteiger partial charge on any atom is -0.406 e. The molecule has 2 aromatic rings. The molecule has 0 aliphatic heterocycles. The maximum atomic E-state index is 12.1. The molecule has 0 atom stereocenters. The number of halogens is 3. The summed E-state index contributed by atoms with van der Waals surface area (Å²) in [6.07, 6.45) is -3.33. The second kappa shape index (κ2) is 5.80. The topological polar surface area (TPSA) is 77.2 Å². The number of amides is 1. The fraction of sp³-hybridized carbons (Fsp3) is 0.0769. The fourth-order valence-electron chi connectivity index (χ4n) is 1.66. The highest BCUT2D eigenvalue weighted by atomic mass is 19.4. The average molecular weight is 297 g/mol. The molecular formula is C13H10F3N3O2. The number of nitrogens with zero attached hydrogens (tertiary/aromatic N) is 1. The Morgan fingerprint density at radius 1 is 1.14 bits per heavy atom. The third-order valence-electron chi connectivity index (χ3n) is 2.54. The number of hydrogen-bond donors (Lipinski definition) is 2. The van der Waals surface area contributed by atoms with Crippen LogP contribution in [-0.2, 0) is 0 Å². The van der Waals surface area contributed by atoms with Crippen molar-refractivity contribution in [3.05, 3.63) is 48.3 Å². The van der Waals surface area contributed by atoms with Crippen LogP contribution in [0.5, 0.6) is 5.75 Å². The summed E-state index contributed by atoms with van der Waals surface area (Å²) in [5, 5.41) is 0. The van der Waals surface area contributed by atoms with Crippen LogP contribution in [0.1, 0.15) is 10.5 Å². The minimum absolute atomic E-state index is 0.102. The Balaban J connectivity index is 2.25. The molecule has 0 spiro atoms. The zero-order valence-corrected chi connectivity index (χ0v) is 10.5. The van der Waals surface area contributed by atoms with E-state index in [0.29, 0.717) is 11.1 Å². The number of alkyl halides is 3. The third kappa shape index (κ3) is 3.93. The molecular weight excluding hydrogens is 287 g/mol. The second-order valence-electron chi connectivity index (χ2n) is 3.98. The van der Waals surface area contributed by atoms with Crippen molar-refractivity contribution in [3.63, 3.8) is 0 Å². The molecule has 0 aliphatic carbocycles. The first kappa shape index (κ1) is 14.8. The molecule has 0 saturated carbocycles. The smallest absolute Gasteiger partial charge is 0.406 e. The van der Waals surface area contributed by atoms with Gasteiger partial charge in [-0.25, -0.2) is 5.84 Å². The van der Waals surface area contributed by atoms with Crippen molar-refractivity contribution in [2.45, 2.75) is 6.36 Å². The SMILES string of the molecule is NNC(=O)c1cc(-c2ccc(OC(F)(F)F)cc2)ccn1. The van der Waals surface area contributed by atoms with E-state index < -0.39 is 12.3 Å². The summed E-state index contributed by atoms with van der Waals surface area (Å²) in [7, 11) is 0. The van der Waals surface area contributed by atoms with Gasteiger partial charge in [-0.1, -0.05) is 12.1 Å². The van der Waals surface area contributed by atoms with Crippen LogP contribution < -0.4 is 16.0 Å². The zero-order valence-electron chi connectivity index (χ0n) is 10.5. The van der Waals surface area contributed by atoms with Gasteiger partial charge >= 0.3 is 6.36 Å².